The summed E-state index contributed by atoms with van der Waals surface area (Å²) in [4.78, 5) is 12.2. The fraction of sp³-hybridized carbons (Fsp3) is 0.435. The second kappa shape index (κ2) is 9.45. The van der Waals surface area contributed by atoms with Crippen LogP contribution in [0.25, 0.3) is 0 Å². The highest BCUT2D eigenvalue weighted by atomic mass is 16.5. The van der Waals surface area contributed by atoms with Gasteiger partial charge in [-0.05, 0) is 74.1 Å². The lowest BCUT2D eigenvalue weighted by molar-refractivity contribution is -0.123. The van der Waals surface area contributed by atoms with E-state index >= 15 is 0 Å². The van der Waals surface area contributed by atoms with Crippen molar-refractivity contribution in [3.63, 3.8) is 0 Å². The maximum atomic E-state index is 12.2. The highest BCUT2D eigenvalue weighted by Gasteiger charge is 2.12. The van der Waals surface area contributed by atoms with E-state index in [2.05, 4.69) is 45.1 Å². The molecule has 4 nitrogen and oxygen atoms in total. The molecule has 27 heavy (non-hydrogen) atoms. The standard InChI is InChI=1S/C23H31NO3/c1-15(2)21-10-7-16(3)11-22(21)27-14-23(25)24-19(6)13-26-20-9-8-17(4)18(5)12-20/h7-12,15,19H,13-14H2,1-6H3,(H,24,25)/t19-/m1/s1. The summed E-state index contributed by atoms with van der Waals surface area (Å²) in [5, 5.41) is 2.92. The van der Waals surface area contributed by atoms with Crippen LogP contribution in [0.1, 0.15) is 48.9 Å². The van der Waals surface area contributed by atoms with Crippen molar-refractivity contribution in [1.82, 2.24) is 5.32 Å². The lowest BCUT2D eigenvalue weighted by Crippen LogP contribution is -2.39. The predicted molar refractivity (Wildman–Crippen MR) is 110 cm³/mol. The number of amides is 1. The van der Waals surface area contributed by atoms with Crippen LogP contribution in [0.2, 0.25) is 0 Å². The van der Waals surface area contributed by atoms with Gasteiger partial charge in [-0.2, -0.15) is 0 Å². The van der Waals surface area contributed by atoms with Gasteiger partial charge in [0.25, 0.3) is 5.91 Å². The molecule has 1 N–H and O–H groups in total. The molecule has 0 aliphatic rings. The molecule has 0 aliphatic carbocycles. The highest BCUT2D eigenvalue weighted by molar-refractivity contribution is 5.77. The molecule has 2 aromatic rings. The van der Waals surface area contributed by atoms with Crippen LogP contribution in [-0.2, 0) is 4.79 Å². The number of rotatable bonds is 8. The number of carbonyl (C=O) groups excluding carboxylic acids is 1. The van der Waals surface area contributed by atoms with Crippen molar-refractivity contribution >= 4 is 5.91 Å². The zero-order valence-corrected chi connectivity index (χ0v) is 17.3. The molecular weight excluding hydrogens is 338 g/mol. The van der Waals surface area contributed by atoms with E-state index < -0.39 is 0 Å². The van der Waals surface area contributed by atoms with Gasteiger partial charge in [0, 0.05) is 0 Å². The minimum absolute atomic E-state index is 0.00282. The third-order valence-electron chi connectivity index (χ3n) is 4.54. The van der Waals surface area contributed by atoms with Crippen LogP contribution in [0.3, 0.4) is 0 Å². The van der Waals surface area contributed by atoms with E-state index in [9.17, 15) is 4.79 Å². The molecule has 1 atom stereocenters. The first-order chi connectivity index (χ1) is 12.8. The zero-order chi connectivity index (χ0) is 20.0. The minimum Gasteiger partial charge on any atom is -0.491 e. The van der Waals surface area contributed by atoms with Crippen molar-refractivity contribution in [3.8, 4) is 11.5 Å². The molecule has 146 valence electrons. The number of ether oxygens (including phenoxy) is 2. The maximum Gasteiger partial charge on any atom is 0.258 e. The van der Waals surface area contributed by atoms with Crippen LogP contribution >= 0.6 is 0 Å². The van der Waals surface area contributed by atoms with Crippen LogP contribution in [-0.4, -0.2) is 25.2 Å². The Bertz CT molecular complexity index is 783. The third kappa shape index (κ3) is 6.31. The molecule has 0 heterocycles. The molecule has 2 rings (SSSR count). The van der Waals surface area contributed by atoms with Crippen molar-refractivity contribution in [2.75, 3.05) is 13.2 Å². The molecule has 0 aliphatic heterocycles. The van der Waals surface area contributed by atoms with Gasteiger partial charge < -0.3 is 14.8 Å². The summed E-state index contributed by atoms with van der Waals surface area (Å²) in [7, 11) is 0. The van der Waals surface area contributed by atoms with Crippen molar-refractivity contribution in [2.45, 2.75) is 53.5 Å². The van der Waals surface area contributed by atoms with Gasteiger partial charge in [-0.25, -0.2) is 0 Å². The molecule has 0 unspecified atom stereocenters. The Balaban J connectivity index is 1.83. The molecule has 1 amide bonds. The van der Waals surface area contributed by atoms with E-state index in [-0.39, 0.29) is 18.6 Å². The molecular formula is C23H31NO3. The van der Waals surface area contributed by atoms with E-state index in [4.69, 9.17) is 9.47 Å². The number of carbonyl (C=O) groups is 1. The maximum absolute atomic E-state index is 12.2. The summed E-state index contributed by atoms with van der Waals surface area (Å²) < 4.78 is 11.6. The summed E-state index contributed by atoms with van der Waals surface area (Å²) in [5.74, 6) is 1.78. The van der Waals surface area contributed by atoms with Crippen LogP contribution < -0.4 is 14.8 Å². The van der Waals surface area contributed by atoms with Crippen molar-refractivity contribution in [2.24, 2.45) is 0 Å². The van der Waals surface area contributed by atoms with Gasteiger partial charge in [-0.3, -0.25) is 4.79 Å². The van der Waals surface area contributed by atoms with Gasteiger partial charge >= 0.3 is 0 Å². The normalized spacial score (nSPS) is 12.0. The Labute approximate surface area is 162 Å². The smallest absolute Gasteiger partial charge is 0.258 e. The van der Waals surface area contributed by atoms with Crippen molar-refractivity contribution in [1.29, 1.82) is 0 Å². The van der Waals surface area contributed by atoms with E-state index in [0.29, 0.717) is 12.5 Å². The number of hydrogen-bond acceptors (Lipinski definition) is 3. The number of benzene rings is 2. The molecule has 0 aromatic heterocycles. The average molecular weight is 370 g/mol. The third-order valence-corrected chi connectivity index (χ3v) is 4.54. The second-order valence-electron chi connectivity index (χ2n) is 7.51. The summed E-state index contributed by atoms with van der Waals surface area (Å²) in [6, 6.07) is 12.0. The lowest BCUT2D eigenvalue weighted by Gasteiger charge is -2.17. The number of nitrogens with one attached hydrogen (secondary N) is 1. The number of aryl methyl sites for hydroxylation is 3. The molecule has 4 heteroatoms. The Hall–Kier alpha value is -2.49. The zero-order valence-electron chi connectivity index (χ0n) is 17.3. The quantitative estimate of drug-likeness (QED) is 0.734. The monoisotopic (exact) mass is 369 g/mol. The van der Waals surface area contributed by atoms with E-state index in [1.807, 2.05) is 38.1 Å². The Kier molecular flexibility index (Phi) is 7.28. The van der Waals surface area contributed by atoms with Crippen LogP contribution in [0.5, 0.6) is 11.5 Å². The molecule has 0 fully saturated rings. The van der Waals surface area contributed by atoms with Crippen molar-refractivity contribution in [3.05, 3.63) is 58.7 Å². The molecule has 0 bridgehead atoms. The van der Waals surface area contributed by atoms with Crippen LogP contribution in [0, 0.1) is 20.8 Å². The fourth-order valence-corrected chi connectivity index (χ4v) is 2.77. The minimum atomic E-state index is -0.151. The van der Waals surface area contributed by atoms with Gasteiger partial charge in [0.15, 0.2) is 6.61 Å². The van der Waals surface area contributed by atoms with Crippen LogP contribution in [0.4, 0.5) is 0 Å². The Morgan fingerprint density at radius 2 is 1.70 bits per heavy atom. The van der Waals surface area contributed by atoms with Crippen molar-refractivity contribution < 1.29 is 14.3 Å². The second-order valence-corrected chi connectivity index (χ2v) is 7.51. The molecule has 0 saturated carbocycles. The predicted octanol–water partition coefficient (Wildman–Crippen LogP) is 4.70. The summed E-state index contributed by atoms with van der Waals surface area (Å²) in [6.45, 7) is 12.7. The van der Waals surface area contributed by atoms with E-state index in [0.717, 1.165) is 22.6 Å². The first-order valence-electron chi connectivity index (χ1n) is 9.49. The van der Waals surface area contributed by atoms with Gasteiger partial charge in [0.05, 0.1) is 6.04 Å². The van der Waals surface area contributed by atoms with E-state index in [1.54, 1.807) is 0 Å². The van der Waals surface area contributed by atoms with Gasteiger partial charge in [-0.1, -0.05) is 32.0 Å². The summed E-state index contributed by atoms with van der Waals surface area (Å²) >= 11 is 0. The first kappa shape index (κ1) is 20.8. The molecule has 0 radical (unpaired) electrons. The van der Waals surface area contributed by atoms with Gasteiger partial charge in [0.1, 0.15) is 18.1 Å². The largest absolute Gasteiger partial charge is 0.491 e. The molecule has 0 saturated heterocycles. The topological polar surface area (TPSA) is 47.6 Å². The Morgan fingerprint density at radius 3 is 2.37 bits per heavy atom. The summed E-state index contributed by atoms with van der Waals surface area (Å²) in [5.41, 5.74) is 4.65. The first-order valence-corrected chi connectivity index (χ1v) is 9.49. The van der Waals surface area contributed by atoms with Crippen LogP contribution in [0.15, 0.2) is 36.4 Å². The summed E-state index contributed by atoms with van der Waals surface area (Å²) in [6.07, 6.45) is 0. The average Bonchev–Trinajstić information content (AvgIpc) is 2.60. The fourth-order valence-electron chi connectivity index (χ4n) is 2.77. The van der Waals surface area contributed by atoms with Gasteiger partial charge in [0.2, 0.25) is 0 Å². The lowest BCUT2D eigenvalue weighted by atomic mass is 10.0. The number of hydrogen-bond donors (Lipinski definition) is 1. The molecule has 0 spiro atoms. The molecule has 2 aromatic carbocycles. The highest BCUT2D eigenvalue weighted by Crippen LogP contribution is 2.27. The Morgan fingerprint density at radius 1 is 0.963 bits per heavy atom. The van der Waals surface area contributed by atoms with Gasteiger partial charge in [-0.15, -0.1) is 0 Å². The van der Waals surface area contributed by atoms with E-state index in [1.165, 1.54) is 11.1 Å². The SMILES string of the molecule is Cc1ccc(C(C)C)c(OCC(=O)N[C@H](C)COc2ccc(C)c(C)c2)c1.